The van der Waals surface area contributed by atoms with Gasteiger partial charge in [-0.3, -0.25) is 0 Å². The van der Waals surface area contributed by atoms with Crippen molar-refractivity contribution in [1.29, 1.82) is 0 Å². The standard InChI is InChI=1S/C12H14ClFN2O2/c1-15-4-6-16(7-5-15)12(17)18-11-3-2-9(13)8-10(11)14/h2-3,8H,4-7H2,1H3. The van der Waals surface area contributed by atoms with Gasteiger partial charge in [-0.15, -0.1) is 0 Å². The fourth-order valence-electron chi connectivity index (χ4n) is 1.71. The van der Waals surface area contributed by atoms with Crippen LogP contribution in [0.1, 0.15) is 0 Å². The van der Waals surface area contributed by atoms with Gasteiger partial charge in [0, 0.05) is 31.2 Å². The van der Waals surface area contributed by atoms with Gasteiger partial charge in [-0.05, 0) is 25.2 Å². The molecule has 0 aliphatic carbocycles. The highest BCUT2D eigenvalue weighted by Gasteiger charge is 2.21. The Hall–Kier alpha value is -1.33. The van der Waals surface area contributed by atoms with Gasteiger partial charge < -0.3 is 14.5 Å². The molecule has 1 aromatic carbocycles. The molecular formula is C12H14ClFN2O2. The van der Waals surface area contributed by atoms with E-state index in [-0.39, 0.29) is 10.8 Å². The third-order valence-corrected chi connectivity index (χ3v) is 3.09. The zero-order valence-electron chi connectivity index (χ0n) is 10.0. The summed E-state index contributed by atoms with van der Waals surface area (Å²) in [7, 11) is 1.99. The third kappa shape index (κ3) is 3.11. The first-order valence-electron chi connectivity index (χ1n) is 5.66. The van der Waals surface area contributed by atoms with Gasteiger partial charge in [0.15, 0.2) is 11.6 Å². The van der Waals surface area contributed by atoms with Gasteiger partial charge >= 0.3 is 6.09 Å². The maximum Gasteiger partial charge on any atom is 0.415 e. The number of rotatable bonds is 1. The number of ether oxygens (including phenoxy) is 1. The van der Waals surface area contributed by atoms with Crippen LogP contribution >= 0.6 is 11.6 Å². The summed E-state index contributed by atoms with van der Waals surface area (Å²) in [6.07, 6.45) is -0.524. The highest BCUT2D eigenvalue weighted by atomic mass is 35.5. The van der Waals surface area contributed by atoms with E-state index in [0.29, 0.717) is 13.1 Å². The lowest BCUT2D eigenvalue weighted by atomic mass is 10.3. The molecule has 6 heteroatoms. The average molecular weight is 273 g/mol. The molecule has 98 valence electrons. The molecule has 1 aliphatic heterocycles. The van der Waals surface area contributed by atoms with Crippen molar-refractivity contribution in [3.8, 4) is 5.75 Å². The number of hydrogen-bond acceptors (Lipinski definition) is 3. The van der Waals surface area contributed by atoms with Crippen LogP contribution in [0.2, 0.25) is 5.02 Å². The van der Waals surface area contributed by atoms with Crippen LogP contribution in [0.15, 0.2) is 18.2 Å². The second-order valence-corrected chi connectivity index (χ2v) is 4.67. The van der Waals surface area contributed by atoms with Crippen LogP contribution in [0, 0.1) is 5.82 Å². The van der Waals surface area contributed by atoms with Crippen molar-refractivity contribution in [2.75, 3.05) is 33.2 Å². The van der Waals surface area contributed by atoms with Crippen LogP contribution in [-0.2, 0) is 0 Å². The van der Waals surface area contributed by atoms with Gasteiger partial charge in [0.25, 0.3) is 0 Å². The number of hydrogen-bond donors (Lipinski definition) is 0. The Morgan fingerprint density at radius 3 is 2.61 bits per heavy atom. The summed E-state index contributed by atoms with van der Waals surface area (Å²) in [5.74, 6) is -0.728. The summed E-state index contributed by atoms with van der Waals surface area (Å²) in [5.41, 5.74) is 0. The second-order valence-electron chi connectivity index (χ2n) is 4.23. The van der Waals surface area contributed by atoms with Crippen molar-refractivity contribution in [3.63, 3.8) is 0 Å². The minimum absolute atomic E-state index is 0.0941. The van der Waals surface area contributed by atoms with Gasteiger partial charge in [-0.1, -0.05) is 11.6 Å². The summed E-state index contributed by atoms with van der Waals surface area (Å²) < 4.78 is 18.5. The van der Waals surface area contributed by atoms with Crippen LogP contribution < -0.4 is 4.74 Å². The minimum Gasteiger partial charge on any atom is -0.407 e. The normalized spacial score (nSPS) is 16.7. The summed E-state index contributed by atoms with van der Waals surface area (Å²) in [4.78, 5) is 15.5. The van der Waals surface area contributed by atoms with Crippen LogP contribution in [0.4, 0.5) is 9.18 Å². The predicted molar refractivity (Wildman–Crippen MR) is 66.5 cm³/mol. The Balaban J connectivity index is 1.98. The molecule has 18 heavy (non-hydrogen) atoms. The molecule has 0 spiro atoms. The molecule has 0 atom stereocenters. The third-order valence-electron chi connectivity index (χ3n) is 2.85. The largest absolute Gasteiger partial charge is 0.415 e. The first-order chi connectivity index (χ1) is 8.56. The summed E-state index contributed by atoms with van der Waals surface area (Å²) in [6, 6.07) is 3.96. The number of halogens is 2. The Bertz CT molecular complexity index is 448. The Morgan fingerprint density at radius 2 is 2.00 bits per heavy atom. The number of benzene rings is 1. The zero-order chi connectivity index (χ0) is 13.1. The smallest absolute Gasteiger partial charge is 0.407 e. The Morgan fingerprint density at radius 1 is 1.33 bits per heavy atom. The highest BCUT2D eigenvalue weighted by molar-refractivity contribution is 6.30. The molecule has 1 aliphatic rings. The number of nitrogens with zero attached hydrogens (tertiary/aromatic N) is 2. The van der Waals surface area contributed by atoms with Crippen molar-refractivity contribution in [2.24, 2.45) is 0 Å². The first kappa shape index (κ1) is 13.1. The molecule has 0 unspecified atom stereocenters. The fraction of sp³-hybridized carbons (Fsp3) is 0.417. The first-order valence-corrected chi connectivity index (χ1v) is 6.04. The molecule has 1 aromatic rings. The maximum absolute atomic E-state index is 13.5. The maximum atomic E-state index is 13.5. The van der Waals surface area contributed by atoms with E-state index in [0.717, 1.165) is 19.2 Å². The lowest BCUT2D eigenvalue weighted by Gasteiger charge is -2.31. The molecule has 2 rings (SSSR count). The molecular weight excluding hydrogens is 259 g/mol. The van der Waals surface area contributed by atoms with E-state index in [4.69, 9.17) is 16.3 Å². The topological polar surface area (TPSA) is 32.8 Å². The molecule has 0 N–H and O–H groups in total. The SMILES string of the molecule is CN1CCN(C(=O)Oc2ccc(Cl)cc2F)CC1. The number of likely N-dealkylation sites (N-methyl/N-ethyl adjacent to an activating group) is 1. The van der Waals surface area contributed by atoms with Gasteiger partial charge in [-0.2, -0.15) is 0 Å². The average Bonchev–Trinajstić information content (AvgIpc) is 2.33. The number of carbonyl (C=O) groups is 1. The Labute approximate surface area is 110 Å². The molecule has 0 radical (unpaired) electrons. The van der Waals surface area contributed by atoms with Gasteiger partial charge in [0.1, 0.15) is 0 Å². The molecule has 1 heterocycles. The van der Waals surface area contributed by atoms with E-state index >= 15 is 0 Å². The number of piperazine rings is 1. The van der Waals surface area contributed by atoms with Crippen molar-refractivity contribution in [2.45, 2.75) is 0 Å². The molecule has 4 nitrogen and oxygen atoms in total. The minimum atomic E-state index is -0.634. The van der Waals surface area contributed by atoms with Gasteiger partial charge in [0.2, 0.25) is 0 Å². The number of amides is 1. The van der Waals surface area contributed by atoms with Crippen LogP contribution in [-0.4, -0.2) is 49.1 Å². The molecule has 0 aromatic heterocycles. The molecule has 1 amide bonds. The van der Waals surface area contributed by atoms with E-state index in [1.54, 1.807) is 4.90 Å². The van der Waals surface area contributed by atoms with Crippen molar-refractivity contribution in [1.82, 2.24) is 9.80 Å². The summed E-state index contributed by atoms with van der Waals surface area (Å²) in [6.45, 7) is 2.76. The number of carbonyl (C=O) groups excluding carboxylic acids is 1. The van der Waals surface area contributed by atoms with E-state index < -0.39 is 11.9 Å². The Kier molecular flexibility index (Phi) is 4.04. The molecule has 0 bridgehead atoms. The van der Waals surface area contributed by atoms with E-state index in [1.165, 1.54) is 12.1 Å². The van der Waals surface area contributed by atoms with Gasteiger partial charge in [-0.25, -0.2) is 9.18 Å². The zero-order valence-corrected chi connectivity index (χ0v) is 10.8. The van der Waals surface area contributed by atoms with E-state index in [2.05, 4.69) is 4.90 Å². The summed E-state index contributed by atoms with van der Waals surface area (Å²) in [5, 5.41) is 0.270. The van der Waals surface area contributed by atoms with Crippen LogP contribution in [0.25, 0.3) is 0 Å². The van der Waals surface area contributed by atoms with Crippen molar-refractivity contribution in [3.05, 3.63) is 29.0 Å². The fourth-order valence-corrected chi connectivity index (χ4v) is 1.86. The molecule has 1 saturated heterocycles. The second kappa shape index (κ2) is 5.54. The van der Waals surface area contributed by atoms with E-state index in [9.17, 15) is 9.18 Å². The highest BCUT2D eigenvalue weighted by Crippen LogP contribution is 2.21. The van der Waals surface area contributed by atoms with E-state index in [1.807, 2.05) is 7.05 Å². The van der Waals surface area contributed by atoms with Crippen LogP contribution in [0.3, 0.4) is 0 Å². The molecule has 1 fully saturated rings. The van der Waals surface area contributed by atoms with Gasteiger partial charge in [0.05, 0.1) is 0 Å². The summed E-state index contributed by atoms with van der Waals surface area (Å²) >= 11 is 5.62. The monoisotopic (exact) mass is 272 g/mol. The molecule has 0 saturated carbocycles. The van der Waals surface area contributed by atoms with Crippen molar-refractivity contribution >= 4 is 17.7 Å². The lowest BCUT2D eigenvalue weighted by Crippen LogP contribution is -2.48. The van der Waals surface area contributed by atoms with Crippen LogP contribution in [0.5, 0.6) is 5.75 Å². The predicted octanol–water partition coefficient (Wildman–Crippen LogP) is 2.23. The lowest BCUT2D eigenvalue weighted by molar-refractivity contribution is 0.119. The quantitative estimate of drug-likeness (QED) is 0.786. The van der Waals surface area contributed by atoms with Crippen molar-refractivity contribution < 1.29 is 13.9 Å².